The number of benzene rings is 2. The molecule has 0 aliphatic carbocycles. The number of likely N-dealkylation sites (tertiary alicyclic amines) is 1. The highest BCUT2D eigenvalue weighted by Gasteiger charge is 2.25. The van der Waals surface area contributed by atoms with Gasteiger partial charge in [0.15, 0.2) is 0 Å². The molecule has 1 aliphatic rings. The van der Waals surface area contributed by atoms with E-state index < -0.39 is 0 Å². The van der Waals surface area contributed by atoms with Gasteiger partial charge in [0.25, 0.3) is 5.91 Å². The van der Waals surface area contributed by atoms with Crippen molar-refractivity contribution in [2.45, 2.75) is 25.4 Å². The minimum atomic E-state index is -0.290. The van der Waals surface area contributed by atoms with Crippen LogP contribution in [0.4, 0.5) is 5.69 Å². The van der Waals surface area contributed by atoms with Gasteiger partial charge in [-0.3, -0.25) is 19.1 Å². The highest BCUT2D eigenvalue weighted by atomic mass is 16.3. The summed E-state index contributed by atoms with van der Waals surface area (Å²) in [5.41, 5.74) is 2.52. The van der Waals surface area contributed by atoms with E-state index in [0.29, 0.717) is 30.1 Å². The number of piperidine rings is 1. The maximum absolute atomic E-state index is 12.8. The number of para-hydroxylation sites is 3. The molecule has 2 amide bonds. The molecule has 1 fully saturated rings. The van der Waals surface area contributed by atoms with Crippen LogP contribution < -0.4 is 16.3 Å². The molecule has 4 aromatic rings. The van der Waals surface area contributed by atoms with Gasteiger partial charge in [0.2, 0.25) is 5.91 Å². The van der Waals surface area contributed by atoms with Crippen molar-refractivity contribution in [2.75, 3.05) is 25.0 Å². The van der Waals surface area contributed by atoms with E-state index in [1.54, 1.807) is 42.7 Å². The number of aromatic nitrogens is 2. The topological polar surface area (TPSA) is 112 Å². The van der Waals surface area contributed by atoms with Crippen LogP contribution in [0.5, 0.6) is 0 Å². The average molecular weight is 474 g/mol. The van der Waals surface area contributed by atoms with Crippen LogP contribution in [-0.2, 0) is 11.3 Å². The lowest BCUT2D eigenvalue weighted by Gasteiger charge is -2.32. The number of carbonyl (C=O) groups is 2. The third-order valence-electron chi connectivity index (χ3n) is 6.36. The molecule has 180 valence electrons. The van der Waals surface area contributed by atoms with Crippen molar-refractivity contribution < 1.29 is 14.0 Å². The monoisotopic (exact) mass is 473 g/mol. The molecule has 0 atom stereocenters. The van der Waals surface area contributed by atoms with Gasteiger partial charge in [-0.25, -0.2) is 4.79 Å². The second kappa shape index (κ2) is 10.0. The van der Waals surface area contributed by atoms with E-state index in [-0.39, 0.29) is 36.6 Å². The lowest BCUT2D eigenvalue weighted by atomic mass is 10.0. The Hall–Kier alpha value is -4.11. The number of aromatic amines is 1. The van der Waals surface area contributed by atoms with Crippen LogP contribution in [-0.4, -0.2) is 45.9 Å². The van der Waals surface area contributed by atoms with Gasteiger partial charge in [-0.05, 0) is 49.2 Å². The number of hydrogen-bond acceptors (Lipinski definition) is 5. The summed E-state index contributed by atoms with van der Waals surface area (Å²) in [7, 11) is 0. The summed E-state index contributed by atoms with van der Waals surface area (Å²) in [6, 6.07) is 18.3. The Morgan fingerprint density at radius 3 is 2.57 bits per heavy atom. The third-order valence-corrected chi connectivity index (χ3v) is 6.36. The smallest absolute Gasteiger partial charge is 0.326 e. The van der Waals surface area contributed by atoms with Gasteiger partial charge in [0.1, 0.15) is 5.76 Å². The van der Waals surface area contributed by atoms with Crippen LogP contribution in [0.1, 0.15) is 35.0 Å². The average Bonchev–Trinajstić information content (AvgIpc) is 3.50. The van der Waals surface area contributed by atoms with Crippen molar-refractivity contribution in [2.24, 2.45) is 0 Å². The molecule has 0 unspecified atom stereocenters. The first kappa shape index (κ1) is 22.7. The van der Waals surface area contributed by atoms with E-state index in [4.69, 9.17) is 4.42 Å². The zero-order valence-electron chi connectivity index (χ0n) is 19.2. The number of nitrogens with one attached hydrogen (secondary N) is 3. The van der Waals surface area contributed by atoms with Crippen molar-refractivity contribution in [3.8, 4) is 0 Å². The summed E-state index contributed by atoms with van der Waals surface area (Å²) < 4.78 is 7.08. The van der Waals surface area contributed by atoms with Crippen LogP contribution in [0.2, 0.25) is 0 Å². The van der Waals surface area contributed by atoms with Crippen molar-refractivity contribution in [1.29, 1.82) is 0 Å². The SMILES string of the molecule is O=C(CN1CCC(n2c(=O)[nH]c3ccccc32)CC1)Nc1ccccc1C(=O)NCc1ccco1. The normalized spacial score (nSPS) is 14.7. The van der Waals surface area contributed by atoms with Crippen LogP contribution >= 0.6 is 0 Å². The number of H-pyrrole nitrogens is 1. The summed E-state index contributed by atoms with van der Waals surface area (Å²) in [5, 5.41) is 5.69. The van der Waals surface area contributed by atoms with E-state index in [9.17, 15) is 14.4 Å². The van der Waals surface area contributed by atoms with Crippen LogP contribution in [0.15, 0.2) is 76.1 Å². The van der Waals surface area contributed by atoms with Gasteiger partial charge in [0.05, 0.1) is 41.6 Å². The molecule has 35 heavy (non-hydrogen) atoms. The van der Waals surface area contributed by atoms with E-state index in [1.807, 2.05) is 28.8 Å². The van der Waals surface area contributed by atoms with Crippen LogP contribution in [0.3, 0.4) is 0 Å². The Bertz CT molecular complexity index is 1380. The first-order chi connectivity index (χ1) is 17.1. The van der Waals surface area contributed by atoms with Gasteiger partial charge < -0.3 is 20.0 Å². The number of rotatable bonds is 7. The first-order valence-corrected chi connectivity index (χ1v) is 11.7. The minimum absolute atomic E-state index is 0.0932. The Morgan fingerprint density at radius 1 is 1.00 bits per heavy atom. The molecule has 5 rings (SSSR count). The molecule has 1 saturated heterocycles. The predicted molar refractivity (Wildman–Crippen MR) is 132 cm³/mol. The van der Waals surface area contributed by atoms with Crippen LogP contribution in [0.25, 0.3) is 11.0 Å². The number of amides is 2. The van der Waals surface area contributed by atoms with E-state index >= 15 is 0 Å². The molecular weight excluding hydrogens is 446 g/mol. The molecule has 0 spiro atoms. The number of furan rings is 1. The Morgan fingerprint density at radius 2 is 1.77 bits per heavy atom. The molecule has 3 heterocycles. The predicted octanol–water partition coefficient (Wildman–Crippen LogP) is 3.13. The zero-order chi connectivity index (χ0) is 24.2. The quantitative estimate of drug-likeness (QED) is 0.382. The lowest BCUT2D eigenvalue weighted by molar-refractivity contribution is -0.117. The standard InChI is InChI=1S/C26H27N5O4/c32-24(28-21-8-2-1-7-20(21)25(33)27-16-19-6-5-15-35-19)17-30-13-11-18(12-14-30)31-23-10-4-3-9-22(23)29-26(31)34/h1-10,15,18H,11-14,16-17H2,(H,27,33)(H,28,32)(H,29,34). The second-order valence-electron chi connectivity index (χ2n) is 8.68. The highest BCUT2D eigenvalue weighted by Crippen LogP contribution is 2.25. The fourth-order valence-corrected chi connectivity index (χ4v) is 4.63. The Labute approximate surface area is 201 Å². The number of anilines is 1. The van der Waals surface area contributed by atoms with Gasteiger partial charge in [-0.2, -0.15) is 0 Å². The van der Waals surface area contributed by atoms with Crippen molar-refractivity contribution in [3.63, 3.8) is 0 Å². The zero-order valence-corrected chi connectivity index (χ0v) is 19.2. The summed E-state index contributed by atoms with van der Waals surface area (Å²) in [5.74, 6) is 0.180. The maximum Gasteiger partial charge on any atom is 0.326 e. The largest absolute Gasteiger partial charge is 0.467 e. The molecule has 2 aromatic carbocycles. The van der Waals surface area contributed by atoms with Gasteiger partial charge in [0, 0.05) is 19.1 Å². The molecule has 0 radical (unpaired) electrons. The molecule has 9 nitrogen and oxygen atoms in total. The summed E-state index contributed by atoms with van der Waals surface area (Å²) >= 11 is 0. The second-order valence-corrected chi connectivity index (χ2v) is 8.68. The highest BCUT2D eigenvalue weighted by molar-refractivity contribution is 6.04. The maximum atomic E-state index is 12.8. The number of fused-ring (bicyclic) bond motifs is 1. The minimum Gasteiger partial charge on any atom is -0.467 e. The summed E-state index contributed by atoms with van der Waals surface area (Å²) in [4.78, 5) is 42.9. The van der Waals surface area contributed by atoms with Crippen molar-refractivity contribution in [3.05, 3.63) is 88.7 Å². The Balaban J connectivity index is 1.17. The van der Waals surface area contributed by atoms with E-state index in [1.165, 1.54) is 0 Å². The van der Waals surface area contributed by atoms with Crippen molar-refractivity contribution >= 4 is 28.5 Å². The molecule has 2 aromatic heterocycles. The first-order valence-electron chi connectivity index (χ1n) is 11.7. The van der Waals surface area contributed by atoms with Gasteiger partial charge in [-0.15, -0.1) is 0 Å². The van der Waals surface area contributed by atoms with Gasteiger partial charge in [-0.1, -0.05) is 24.3 Å². The Kier molecular flexibility index (Phi) is 6.49. The molecule has 1 aliphatic heterocycles. The molecular formula is C26H27N5O4. The van der Waals surface area contributed by atoms with E-state index in [2.05, 4.69) is 20.5 Å². The third kappa shape index (κ3) is 5.04. The summed E-state index contributed by atoms with van der Waals surface area (Å²) in [6.45, 7) is 1.89. The number of nitrogens with zero attached hydrogens (tertiary/aromatic N) is 2. The fourth-order valence-electron chi connectivity index (χ4n) is 4.63. The number of imidazole rings is 1. The molecule has 0 bridgehead atoms. The lowest BCUT2D eigenvalue weighted by Crippen LogP contribution is -2.41. The van der Waals surface area contributed by atoms with E-state index in [0.717, 1.165) is 23.9 Å². The van der Waals surface area contributed by atoms with Crippen molar-refractivity contribution in [1.82, 2.24) is 19.8 Å². The number of hydrogen-bond donors (Lipinski definition) is 3. The fraction of sp³-hybridized carbons (Fsp3) is 0.269. The van der Waals surface area contributed by atoms with Gasteiger partial charge >= 0.3 is 5.69 Å². The molecule has 0 saturated carbocycles. The molecule has 9 heteroatoms. The summed E-state index contributed by atoms with van der Waals surface area (Å²) in [6.07, 6.45) is 3.11. The number of carbonyl (C=O) groups excluding carboxylic acids is 2. The molecule has 3 N–H and O–H groups in total. The van der Waals surface area contributed by atoms with Crippen LogP contribution in [0, 0.1) is 0 Å².